The summed E-state index contributed by atoms with van der Waals surface area (Å²) in [7, 11) is 1.66. The molecule has 0 aliphatic carbocycles. The number of hydrogen-bond donors (Lipinski definition) is 0. The van der Waals surface area contributed by atoms with Crippen molar-refractivity contribution >= 4 is 17.7 Å². The first kappa shape index (κ1) is 16.9. The Bertz CT molecular complexity index is 701. The van der Waals surface area contributed by atoms with E-state index in [1.54, 1.807) is 18.9 Å². The highest BCUT2D eigenvalue weighted by molar-refractivity contribution is 8.00. The van der Waals surface area contributed by atoms with Crippen LogP contribution in [0.4, 0.5) is 0 Å². The fourth-order valence-corrected chi connectivity index (χ4v) is 3.98. The molecule has 0 saturated carbocycles. The summed E-state index contributed by atoms with van der Waals surface area (Å²) in [4.78, 5) is 14.0. The quantitative estimate of drug-likeness (QED) is 0.773. The van der Waals surface area contributed by atoms with Crippen LogP contribution in [0.2, 0.25) is 0 Å². The summed E-state index contributed by atoms with van der Waals surface area (Å²) < 4.78 is 12.8. The van der Waals surface area contributed by atoms with Crippen LogP contribution < -0.4 is 4.74 Å². The zero-order chi connectivity index (χ0) is 16.9. The van der Waals surface area contributed by atoms with E-state index in [2.05, 4.69) is 16.8 Å². The molecule has 0 radical (unpaired) electrons. The molecule has 1 fully saturated rings. The summed E-state index contributed by atoms with van der Waals surface area (Å²) in [5.74, 6) is 1.56. The fourth-order valence-electron chi connectivity index (χ4n) is 2.78. The van der Waals surface area contributed by atoms with E-state index in [0.29, 0.717) is 25.5 Å². The van der Waals surface area contributed by atoms with Gasteiger partial charge in [-0.2, -0.15) is 0 Å². The molecule has 6 heteroatoms. The van der Waals surface area contributed by atoms with Crippen LogP contribution in [0.3, 0.4) is 0 Å². The Kier molecular flexibility index (Phi) is 5.48. The number of rotatable bonds is 7. The van der Waals surface area contributed by atoms with Gasteiger partial charge in [-0.25, -0.2) is 0 Å². The SMILES string of the molecule is CCOc1cccc(-n2ccc([C@@H]3SCC(=O)N3CCOC)c2)c1. The predicted molar refractivity (Wildman–Crippen MR) is 95.7 cm³/mol. The van der Waals surface area contributed by atoms with Gasteiger partial charge in [0.1, 0.15) is 11.1 Å². The van der Waals surface area contributed by atoms with E-state index in [1.165, 1.54) is 0 Å². The summed E-state index contributed by atoms with van der Waals surface area (Å²) in [6.45, 7) is 3.80. The zero-order valence-corrected chi connectivity index (χ0v) is 14.8. The average Bonchev–Trinajstić information content (AvgIpc) is 3.20. The molecular weight excluding hydrogens is 324 g/mol. The normalized spacial score (nSPS) is 17.5. The van der Waals surface area contributed by atoms with E-state index in [-0.39, 0.29) is 11.3 Å². The van der Waals surface area contributed by atoms with E-state index in [4.69, 9.17) is 9.47 Å². The molecule has 1 aromatic heterocycles. The van der Waals surface area contributed by atoms with Crippen molar-refractivity contribution in [3.63, 3.8) is 0 Å². The van der Waals surface area contributed by atoms with Gasteiger partial charge >= 0.3 is 0 Å². The highest BCUT2D eigenvalue weighted by Crippen LogP contribution is 2.38. The first-order chi connectivity index (χ1) is 11.7. The van der Waals surface area contributed by atoms with E-state index >= 15 is 0 Å². The highest BCUT2D eigenvalue weighted by atomic mass is 32.2. The summed E-state index contributed by atoms with van der Waals surface area (Å²) >= 11 is 1.66. The van der Waals surface area contributed by atoms with Gasteiger partial charge in [0.25, 0.3) is 0 Å². The van der Waals surface area contributed by atoms with Crippen molar-refractivity contribution in [1.29, 1.82) is 0 Å². The molecule has 0 unspecified atom stereocenters. The Hall–Kier alpha value is -1.92. The lowest BCUT2D eigenvalue weighted by Gasteiger charge is -2.22. The third-order valence-corrected chi connectivity index (χ3v) is 5.19. The van der Waals surface area contributed by atoms with Gasteiger partial charge in [0.15, 0.2) is 0 Å². The minimum atomic E-state index is 0.0592. The van der Waals surface area contributed by atoms with Crippen molar-refractivity contribution in [2.24, 2.45) is 0 Å². The summed E-state index contributed by atoms with van der Waals surface area (Å²) in [5.41, 5.74) is 2.17. The van der Waals surface area contributed by atoms with Gasteiger partial charge in [-0.05, 0) is 25.1 Å². The Morgan fingerprint density at radius 3 is 3.00 bits per heavy atom. The van der Waals surface area contributed by atoms with Crippen LogP contribution in [0.1, 0.15) is 17.9 Å². The van der Waals surface area contributed by atoms with Crippen LogP contribution in [0.15, 0.2) is 42.7 Å². The molecule has 1 saturated heterocycles. The first-order valence-corrected chi connectivity index (χ1v) is 9.09. The number of carbonyl (C=O) groups is 1. The van der Waals surface area contributed by atoms with Crippen LogP contribution >= 0.6 is 11.8 Å². The molecular formula is C18H22N2O3S. The van der Waals surface area contributed by atoms with Gasteiger partial charge in [0, 0.05) is 43.4 Å². The number of ether oxygens (including phenoxy) is 2. The molecule has 1 atom stereocenters. The molecule has 2 heterocycles. The molecule has 1 aliphatic rings. The lowest BCUT2D eigenvalue weighted by Crippen LogP contribution is -2.31. The van der Waals surface area contributed by atoms with Crippen molar-refractivity contribution in [2.45, 2.75) is 12.3 Å². The van der Waals surface area contributed by atoms with Crippen LogP contribution in [-0.4, -0.2) is 48.0 Å². The van der Waals surface area contributed by atoms with Crippen molar-refractivity contribution in [3.05, 3.63) is 48.3 Å². The van der Waals surface area contributed by atoms with Gasteiger partial charge in [0.05, 0.1) is 19.0 Å². The van der Waals surface area contributed by atoms with Crippen molar-refractivity contribution in [2.75, 3.05) is 32.6 Å². The standard InChI is InChI=1S/C18H22N2O3S/c1-3-23-16-6-4-5-15(11-16)19-8-7-14(12-19)18-20(9-10-22-2)17(21)13-24-18/h4-8,11-12,18H,3,9-10,13H2,1-2H3/t18-/m0/s1. The molecule has 5 nitrogen and oxygen atoms in total. The molecule has 1 aromatic carbocycles. The second-order valence-electron chi connectivity index (χ2n) is 5.53. The molecule has 2 aromatic rings. The molecule has 128 valence electrons. The van der Waals surface area contributed by atoms with E-state index in [1.807, 2.05) is 42.3 Å². The molecule has 0 spiro atoms. The van der Waals surface area contributed by atoms with E-state index in [0.717, 1.165) is 17.0 Å². The Labute approximate surface area is 146 Å². The minimum Gasteiger partial charge on any atom is -0.494 e. The third-order valence-electron chi connectivity index (χ3n) is 3.93. The van der Waals surface area contributed by atoms with E-state index < -0.39 is 0 Å². The van der Waals surface area contributed by atoms with Gasteiger partial charge < -0.3 is 18.9 Å². The Balaban J connectivity index is 1.80. The van der Waals surface area contributed by atoms with Crippen LogP contribution in [0, 0.1) is 0 Å². The number of amides is 1. The summed E-state index contributed by atoms with van der Waals surface area (Å²) in [6.07, 6.45) is 4.11. The van der Waals surface area contributed by atoms with Crippen LogP contribution in [0.5, 0.6) is 5.75 Å². The number of benzene rings is 1. The van der Waals surface area contributed by atoms with Gasteiger partial charge in [-0.15, -0.1) is 11.8 Å². The molecule has 1 amide bonds. The number of thioether (sulfide) groups is 1. The maximum absolute atomic E-state index is 12.1. The topological polar surface area (TPSA) is 43.7 Å². The maximum atomic E-state index is 12.1. The lowest BCUT2D eigenvalue weighted by atomic mass is 10.3. The molecule has 0 bridgehead atoms. The second-order valence-corrected chi connectivity index (χ2v) is 6.59. The van der Waals surface area contributed by atoms with Gasteiger partial charge in [0.2, 0.25) is 5.91 Å². The summed E-state index contributed by atoms with van der Waals surface area (Å²) in [5, 5.41) is 0.0592. The highest BCUT2D eigenvalue weighted by Gasteiger charge is 2.32. The predicted octanol–water partition coefficient (Wildman–Crippen LogP) is 3.10. The largest absolute Gasteiger partial charge is 0.494 e. The molecule has 0 N–H and O–H groups in total. The Morgan fingerprint density at radius 2 is 2.21 bits per heavy atom. The maximum Gasteiger partial charge on any atom is 0.233 e. The molecule has 24 heavy (non-hydrogen) atoms. The zero-order valence-electron chi connectivity index (χ0n) is 14.0. The number of nitrogens with zero attached hydrogens (tertiary/aromatic N) is 2. The Morgan fingerprint density at radius 1 is 1.33 bits per heavy atom. The first-order valence-electron chi connectivity index (χ1n) is 8.04. The average molecular weight is 346 g/mol. The smallest absolute Gasteiger partial charge is 0.233 e. The molecule has 3 rings (SSSR count). The number of aromatic nitrogens is 1. The lowest BCUT2D eigenvalue weighted by molar-refractivity contribution is -0.128. The number of carbonyl (C=O) groups excluding carboxylic acids is 1. The van der Waals surface area contributed by atoms with Crippen molar-refractivity contribution in [1.82, 2.24) is 9.47 Å². The molecule has 1 aliphatic heterocycles. The van der Waals surface area contributed by atoms with Crippen LogP contribution in [0.25, 0.3) is 5.69 Å². The number of methoxy groups -OCH3 is 1. The van der Waals surface area contributed by atoms with Crippen LogP contribution in [-0.2, 0) is 9.53 Å². The summed E-state index contributed by atoms with van der Waals surface area (Å²) in [6, 6.07) is 10.1. The van der Waals surface area contributed by atoms with E-state index in [9.17, 15) is 4.79 Å². The van der Waals surface area contributed by atoms with Crippen molar-refractivity contribution in [3.8, 4) is 11.4 Å². The second kappa shape index (κ2) is 7.77. The number of hydrogen-bond acceptors (Lipinski definition) is 4. The van der Waals surface area contributed by atoms with Gasteiger partial charge in [-0.3, -0.25) is 4.79 Å². The fraction of sp³-hybridized carbons (Fsp3) is 0.389. The van der Waals surface area contributed by atoms with Gasteiger partial charge in [-0.1, -0.05) is 6.07 Å². The minimum absolute atomic E-state index is 0.0592. The van der Waals surface area contributed by atoms with Crippen molar-refractivity contribution < 1.29 is 14.3 Å². The monoisotopic (exact) mass is 346 g/mol. The third kappa shape index (κ3) is 3.60.